The molecule has 1 aromatic heterocycles. The number of carbonyl (C=O) groups is 2. The lowest BCUT2D eigenvalue weighted by molar-refractivity contribution is -0.300. The van der Waals surface area contributed by atoms with E-state index in [9.17, 15) is 22.8 Å². The summed E-state index contributed by atoms with van der Waals surface area (Å²) in [6.07, 6.45) is -1.68. The van der Waals surface area contributed by atoms with Crippen molar-refractivity contribution in [1.29, 1.82) is 0 Å². The van der Waals surface area contributed by atoms with Crippen molar-refractivity contribution in [3.05, 3.63) is 76.9 Å². The molecule has 1 aliphatic rings. The SMILES string of the molecule is CCc1ccc(C(NC(=O)/C([NH3+])=C/N(N)CCNC(=O)c2ccc(C(F)(F)F)cn2)C2=NC2)cc1. The van der Waals surface area contributed by atoms with Crippen LogP contribution < -0.4 is 22.2 Å². The molecule has 0 aliphatic carbocycles. The first kappa shape index (κ1) is 25.8. The molecule has 186 valence electrons. The van der Waals surface area contributed by atoms with Gasteiger partial charge in [0.25, 0.3) is 5.91 Å². The molecule has 1 unspecified atom stereocenters. The Kier molecular flexibility index (Phi) is 8.20. The summed E-state index contributed by atoms with van der Waals surface area (Å²) in [5.74, 6) is 4.81. The molecule has 2 amide bonds. The average molecular weight is 491 g/mol. The zero-order valence-corrected chi connectivity index (χ0v) is 19.1. The van der Waals surface area contributed by atoms with Gasteiger partial charge in [-0.2, -0.15) is 13.2 Å². The summed E-state index contributed by atoms with van der Waals surface area (Å²) in [6, 6.07) is 9.36. The first-order valence-corrected chi connectivity index (χ1v) is 10.9. The lowest BCUT2D eigenvalue weighted by Crippen LogP contribution is -2.56. The number of nitrogens with two attached hydrogens (primary N) is 1. The number of hydrogen-bond donors (Lipinski definition) is 4. The minimum Gasteiger partial charge on any atom is -0.349 e. The largest absolute Gasteiger partial charge is 0.417 e. The summed E-state index contributed by atoms with van der Waals surface area (Å²) < 4.78 is 37.8. The predicted octanol–water partition coefficient (Wildman–Crippen LogP) is 0.964. The Hall–Kier alpha value is -3.77. The smallest absolute Gasteiger partial charge is 0.349 e. The van der Waals surface area contributed by atoms with E-state index in [1.165, 1.54) is 16.8 Å². The van der Waals surface area contributed by atoms with Crippen molar-refractivity contribution < 1.29 is 28.5 Å². The summed E-state index contributed by atoms with van der Waals surface area (Å²) >= 11 is 0. The minimum atomic E-state index is -4.53. The van der Waals surface area contributed by atoms with Gasteiger partial charge >= 0.3 is 12.1 Å². The fourth-order valence-electron chi connectivity index (χ4n) is 3.17. The lowest BCUT2D eigenvalue weighted by Gasteiger charge is -2.17. The van der Waals surface area contributed by atoms with E-state index in [1.54, 1.807) is 0 Å². The zero-order valence-electron chi connectivity index (χ0n) is 19.1. The van der Waals surface area contributed by atoms with Crippen LogP contribution in [0.15, 0.2) is 59.5 Å². The number of alkyl halides is 3. The third-order valence-electron chi connectivity index (χ3n) is 5.26. The number of nitrogens with zero attached hydrogens (tertiary/aromatic N) is 3. The number of benzene rings is 1. The molecular formula is C23H27F3N7O2+. The van der Waals surface area contributed by atoms with E-state index in [1.807, 2.05) is 24.3 Å². The summed E-state index contributed by atoms with van der Waals surface area (Å²) in [5, 5.41) is 6.60. The molecule has 1 atom stereocenters. The number of hydrogen-bond acceptors (Lipinski definition) is 6. The maximum Gasteiger partial charge on any atom is 0.417 e. The fourth-order valence-corrected chi connectivity index (χ4v) is 3.17. The van der Waals surface area contributed by atoms with Gasteiger partial charge < -0.3 is 21.4 Å². The van der Waals surface area contributed by atoms with Crippen molar-refractivity contribution in [1.82, 2.24) is 20.6 Å². The van der Waals surface area contributed by atoms with Crippen LogP contribution >= 0.6 is 0 Å². The average Bonchev–Trinajstić information content (AvgIpc) is 3.67. The minimum absolute atomic E-state index is 0.0621. The Morgan fingerprint density at radius 2 is 1.91 bits per heavy atom. The van der Waals surface area contributed by atoms with Gasteiger partial charge in [0.2, 0.25) is 5.70 Å². The maximum absolute atomic E-state index is 12.6. The van der Waals surface area contributed by atoms with Gasteiger partial charge in [-0.25, -0.2) is 5.84 Å². The molecule has 0 bridgehead atoms. The van der Waals surface area contributed by atoms with E-state index in [0.29, 0.717) is 12.7 Å². The highest BCUT2D eigenvalue weighted by Crippen LogP contribution is 2.28. The van der Waals surface area contributed by atoms with Gasteiger partial charge in [0.05, 0.1) is 36.6 Å². The predicted molar refractivity (Wildman–Crippen MR) is 122 cm³/mol. The number of quaternary nitrogens is 1. The van der Waals surface area contributed by atoms with Gasteiger partial charge in [-0.05, 0) is 29.7 Å². The van der Waals surface area contributed by atoms with Crippen LogP contribution in [0.4, 0.5) is 13.2 Å². The van der Waals surface area contributed by atoms with Crippen LogP contribution in [-0.4, -0.2) is 47.2 Å². The molecule has 0 spiro atoms. The van der Waals surface area contributed by atoms with Gasteiger partial charge in [-0.15, -0.1) is 0 Å². The molecular weight excluding hydrogens is 463 g/mol. The van der Waals surface area contributed by atoms with Gasteiger partial charge in [0.15, 0.2) is 0 Å². The number of aliphatic imine (C=N–C) groups is 1. The second kappa shape index (κ2) is 11.1. The number of carbonyl (C=O) groups excluding carboxylic acids is 2. The topological polar surface area (TPSA) is 140 Å². The first-order chi connectivity index (χ1) is 16.6. The van der Waals surface area contributed by atoms with E-state index in [2.05, 4.69) is 33.3 Å². The Morgan fingerprint density at radius 3 is 2.46 bits per heavy atom. The Morgan fingerprint density at radius 1 is 1.23 bits per heavy atom. The molecule has 0 radical (unpaired) electrons. The number of halogens is 3. The van der Waals surface area contributed by atoms with Crippen LogP contribution in [0.1, 0.15) is 40.1 Å². The van der Waals surface area contributed by atoms with Gasteiger partial charge in [0.1, 0.15) is 5.69 Å². The van der Waals surface area contributed by atoms with E-state index < -0.39 is 23.6 Å². The maximum atomic E-state index is 12.6. The number of rotatable bonds is 10. The van der Waals surface area contributed by atoms with Crippen LogP contribution in [0.5, 0.6) is 0 Å². The highest BCUT2D eigenvalue weighted by Gasteiger charge is 2.31. The molecule has 12 heteroatoms. The molecule has 1 aromatic carbocycles. The molecule has 2 heterocycles. The Balaban J connectivity index is 1.50. The zero-order chi connectivity index (χ0) is 25.6. The lowest BCUT2D eigenvalue weighted by atomic mass is 10.0. The molecule has 0 saturated heterocycles. The van der Waals surface area contributed by atoms with Gasteiger partial charge in [-0.1, -0.05) is 31.2 Å². The Labute approximate surface area is 200 Å². The fraction of sp³-hybridized carbons (Fsp3) is 0.304. The van der Waals surface area contributed by atoms with Crippen LogP contribution in [0.3, 0.4) is 0 Å². The Bertz CT molecular complexity index is 1110. The van der Waals surface area contributed by atoms with E-state index in [4.69, 9.17) is 5.84 Å². The monoisotopic (exact) mass is 490 g/mol. The molecule has 9 nitrogen and oxygen atoms in total. The molecule has 35 heavy (non-hydrogen) atoms. The van der Waals surface area contributed by atoms with Crippen molar-refractivity contribution in [3.63, 3.8) is 0 Å². The quantitative estimate of drug-likeness (QED) is 0.223. The summed E-state index contributed by atoms with van der Waals surface area (Å²) in [6.45, 7) is 2.84. The molecule has 3 rings (SSSR count). The van der Waals surface area contributed by atoms with E-state index >= 15 is 0 Å². The number of pyridine rings is 1. The summed E-state index contributed by atoms with van der Waals surface area (Å²) in [5.41, 5.74) is 5.74. The molecule has 1 aliphatic heterocycles. The highest BCUT2D eigenvalue weighted by atomic mass is 19.4. The summed E-state index contributed by atoms with van der Waals surface area (Å²) in [4.78, 5) is 32.5. The number of aryl methyl sites for hydroxylation is 1. The van der Waals surface area contributed by atoms with Crippen molar-refractivity contribution in [2.24, 2.45) is 10.8 Å². The number of nitrogens with one attached hydrogen (secondary N) is 2. The second-order valence-electron chi connectivity index (χ2n) is 7.89. The van der Waals surface area contributed by atoms with E-state index in [0.717, 1.165) is 29.8 Å². The van der Waals surface area contributed by atoms with Crippen LogP contribution in [-0.2, 0) is 17.4 Å². The summed E-state index contributed by atoms with van der Waals surface area (Å²) in [7, 11) is 0. The molecule has 7 N–H and O–H groups in total. The number of aromatic nitrogens is 1. The normalized spacial score (nSPS) is 14.1. The highest BCUT2D eigenvalue weighted by molar-refractivity contribution is 6.04. The van der Waals surface area contributed by atoms with Gasteiger partial charge in [0, 0.05) is 12.7 Å². The molecule has 0 fully saturated rings. The molecule has 2 aromatic rings. The van der Waals surface area contributed by atoms with Crippen LogP contribution in [0.2, 0.25) is 0 Å². The third kappa shape index (κ3) is 7.36. The van der Waals surface area contributed by atoms with Crippen LogP contribution in [0.25, 0.3) is 0 Å². The van der Waals surface area contributed by atoms with E-state index in [-0.39, 0.29) is 30.5 Å². The number of amides is 2. The van der Waals surface area contributed by atoms with Crippen molar-refractivity contribution in [2.75, 3.05) is 19.6 Å². The standard InChI is InChI=1S/C23H26F3N7O2/c1-2-14-3-5-15(6-4-14)20(19-12-31-19)32-21(34)17(27)13-33(28)10-9-29-22(35)18-8-7-16(11-30-18)23(24,25)26/h3-8,11,13,20H,2,9-10,12,27-28H2,1H3,(H,29,35)(H,32,34)/p+1/b17-13-. The third-order valence-corrected chi connectivity index (χ3v) is 5.26. The molecule has 0 saturated carbocycles. The first-order valence-electron chi connectivity index (χ1n) is 10.9. The number of hydrazine groups is 1. The second-order valence-corrected chi connectivity index (χ2v) is 7.89. The van der Waals surface area contributed by atoms with Crippen LogP contribution in [0, 0.1) is 0 Å². The van der Waals surface area contributed by atoms with Crippen molar-refractivity contribution >= 4 is 17.5 Å². The van der Waals surface area contributed by atoms with Gasteiger partial charge in [-0.3, -0.25) is 19.6 Å². The van der Waals surface area contributed by atoms with Crippen molar-refractivity contribution in [3.8, 4) is 0 Å². The van der Waals surface area contributed by atoms with Crippen molar-refractivity contribution in [2.45, 2.75) is 25.6 Å².